The normalized spacial score (nSPS) is 22.1. The molecule has 0 radical (unpaired) electrons. The van der Waals surface area contributed by atoms with E-state index in [0.717, 1.165) is 4.47 Å². The first-order chi connectivity index (χ1) is 9.20. The molecule has 0 spiro atoms. The van der Waals surface area contributed by atoms with Crippen LogP contribution >= 0.6 is 27.5 Å². The minimum atomic E-state index is -3.67. The zero-order valence-electron chi connectivity index (χ0n) is 11.0. The monoisotopic (exact) mass is 383 g/mol. The highest BCUT2D eigenvalue weighted by Gasteiger charge is 2.33. The van der Waals surface area contributed by atoms with Crippen molar-refractivity contribution >= 4 is 37.6 Å². The maximum atomic E-state index is 12.2. The van der Waals surface area contributed by atoms with E-state index in [0.29, 0.717) is 6.61 Å². The number of hydrogen-bond donors (Lipinski definition) is 1. The second-order valence-electron chi connectivity index (χ2n) is 4.88. The van der Waals surface area contributed by atoms with Gasteiger partial charge in [0.25, 0.3) is 0 Å². The van der Waals surface area contributed by atoms with Crippen molar-refractivity contribution in [2.24, 2.45) is 0 Å². The molecule has 0 saturated carbocycles. The molecule has 1 aliphatic rings. The lowest BCUT2D eigenvalue weighted by molar-refractivity contribution is -0.137. The molecule has 5 nitrogen and oxygen atoms in total. The van der Waals surface area contributed by atoms with Gasteiger partial charge < -0.3 is 9.47 Å². The van der Waals surface area contributed by atoms with Crippen molar-refractivity contribution in [3.05, 3.63) is 27.7 Å². The Balaban J connectivity index is 2.05. The molecule has 0 bridgehead atoms. The fourth-order valence-electron chi connectivity index (χ4n) is 1.84. The summed E-state index contributed by atoms with van der Waals surface area (Å²) in [5.41, 5.74) is 0. The van der Waals surface area contributed by atoms with Crippen molar-refractivity contribution in [2.45, 2.75) is 30.6 Å². The molecule has 1 aromatic rings. The molecule has 1 unspecified atom stereocenters. The van der Waals surface area contributed by atoms with Crippen molar-refractivity contribution < 1.29 is 17.9 Å². The summed E-state index contributed by atoms with van der Waals surface area (Å²) in [6, 6.07) is 4.61. The standard InChI is InChI=1S/C12H15BrClNO4S/c1-12(2)18-7-9(19-12)6-15-20(16,17)11-4-3-8(13)5-10(11)14/h3-5,9,15H,6-7H2,1-2H3. The summed E-state index contributed by atoms with van der Waals surface area (Å²) in [6.07, 6.45) is -0.311. The van der Waals surface area contributed by atoms with Crippen LogP contribution in [0.4, 0.5) is 0 Å². The molecule has 1 saturated heterocycles. The molecule has 1 N–H and O–H groups in total. The van der Waals surface area contributed by atoms with E-state index in [9.17, 15) is 8.42 Å². The van der Waals surface area contributed by atoms with Crippen LogP contribution in [0.15, 0.2) is 27.6 Å². The number of hydrogen-bond acceptors (Lipinski definition) is 4. The molecular weight excluding hydrogens is 370 g/mol. The molecule has 1 fully saturated rings. The number of benzene rings is 1. The van der Waals surface area contributed by atoms with Crippen LogP contribution in [0.5, 0.6) is 0 Å². The lowest BCUT2D eigenvalue weighted by Gasteiger charge is -2.17. The van der Waals surface area contributed by atoms with Crippen molar-refractivity contribution in [3.8, 4) is 0 Å². The van der Waals surface area contributed by atoms with Crippen molar-refractivity contribution in [1.82, 2.24) is 4.72 Å². The highest BCUT2D eigenvalue weighted by Crippen LogP contribution is 2.26. The maximum Gasteiger partial charge on any atom is 0.242 e. The van der Waals surface area contributed by atoms with Gasteiger partial charge in [0.05, 0.1) is 17.7 Å². The lowest BCUT2D eigenvalue weighted by atomic mass is 10.4. The Morgan fingerprint density at radius 2 is 2.20 bits per heavy atom. The lowest BCUT2D eigenvalue weighted by Crippen LogP contribution is -2.34. The Bertz CT molecular complexity index is 605. The summed E-state index contributed by atoms with van der Waals surface area (Å²) in [5, 5.41) is 0.163. The van der Waals surface area contributed by atoms with E-state index in [1.165, 1.54) is 12.1 Å². The Kier molecular flexibility index (Phi) is 4.78. The van der Waals surface area contributed by atoms with Crippen LogP contribution in [0.25, 0.3) is 0 Å². The van der Waals surface area contributed by atoms with Crippen LogP contribution in [0, 0.1) is 0 Å². The Hall–Kier alpha value is -0.180. The first-order valence-corrected chi connectivity index (χ1v) is 8.61. The second-order valence-corrected chi connectivity index (χ2v) is 7.94. The predicted octanol–water partition coefficient (Wildman–Crippen LogP) is 2.53. The van der Waals surface area contributed by atoms with E-state index in [2.05, 4.69) is 20.7 Å². The molecule has 0 amide bonds. The van der Waals surface area contributed by atoms with Crippen molar-refractivity contribution in [2.75, 3.05) is 13.2 Å². The third-order valence-corrected chi connectivity index (χ3v) is 5.15. The van der Waals surface area contributed by atoms with E-state index >= 15 is 0 Å². The number of sulfonamides is 1. The second kappa shape index (κ2) is 5.90. The Morgan fingerprint density at radius 3 is 2.75 bits per heavy atom. The largest absolute Gasteiger partial charge is 0.348 e. The fraction of sp³-hybridized carbons (Fsp3) is 0.500. The zero-order valence-corrected chi connectivity index (χ0v) is 14.2. The molecule has 1 atom stereocenters. The van der Waals surface area contributed by atoms with Crippen LogP contribution in [0.3, 0.4) is 0 Å². The molecule has 1 heterocycles. The van der Waals surface area contributed by atoms with E-state index in [-0.39, 0.29) is 22.6 Å². The maximum absolute atomic E-state index is 12.2. The molecule has 0 aromatic heterocycles. The summed E-state index contributed by atoms with van der Waals surface area (Å²) >= 11 is 9.18. The molecule has 2 rings (SSSR count). The van der Waals surface area contributed by atoms with Gasteiger partial charge >= 0.3 is 0 Å². The van der Waals surface area contributed by atoms with Crippen LogP contribution in [-0.4, -0.2) is 33.5 Å². The van der Waals surface area contributed by atoms with Crippen molar-refractivity contribution in [3.63, 3.8) is 0 Å². The van der Waals surface area contributed by atoms with Gasteiger partial charge in [-0.2, -0.15) is 0 Å². The molecule has 0 aliphatic carbocycles. The third-order valence-electron chi connectivity index (χ3n) is 2.75. The highest BCUT2D eigenvalue weighted by molar-refractivity contribution is 9.10. The van der Waals surface area contributed by atoms with E-state index in [4.69, 9.17) is 21.1 Å². The number of halogens is 2. The number of nitrogens with one attached hydrogen (secondary N) is 1. The van der Waals surface area contributed by atoms with Gasteiger partial charge in [-0.15, -0.1) is 0 Å². The third kappa shape index (κ3) is 3.93. The molecule has 112 valence electrons. The van der Waals surface area contributed by atoms with E-state index in [1.54, 1.807) is 19.9 Å². The van der Waals surface area contributed by atoms with Gasteiger partial charge in [0.1, 0.15) is 4.90 Å². The molecule has 20 heavy (non-hydrogen) atoms. The number of ether oxygens (including phenoxy) is 2. The summed E-state index contributed by atoms with van der Waals surface area (Å²) in [4.78, 5) is 0.0422. The van der Waals surface area contributed by atoms with Crippen molar-refractivity contribution in [1.29, 1.82) is 0 Å². The predicted molar refractivity (Wildman–Crippen MR) is 79.2 cm³/mol. The van der Waals surface area contributed by atoms with Gasteiger partial charge in [0.15, 0.2) is 5.79 Å². The Labute approximate surface area is 131 Å². The van der Waals surface area contributed by atoms with Gasteiger partial charge in [-0.1, -0.05) is 27.5 Å². The van der Waals surface area contributed by atoms with Gasteiger partial charge in [-0.05, 0) is 32.0 Å². The van der Waals surface area contributed by atoms with Crippen LogP contribution < -0.4 is 4.72 Å². The first-order valence-electron chi connectivity index (χ1n) is 5.96. The Morgan fingerprint density at radius 1 is 1.50 bits per heavy atom. The topological polar surface area (TPSA) is 64.6 Å². The van der Waals surface area contributed by atoms with Gasteiger partial charge in [0.2, 0.25) is 10.0 Å². The highest BCUT2D eigenvalue weighted by atomic mass is 79.9. The van der Waals surface area contributed by atoms with Crippen LogP contribution in [0.1, 0.15) is 13.8 Å². The molecule has 8 heteroatoms. The summed E-state index contributed by atoms with van der Waals surface area (Å²) in [5.74, 6) is -0.675. The minimum absolute atomic E-state index is 0.0422. The van der Waals surface area contributed by atoms with Gasteiger partial charge in [0, 0.05) is 11.0 Å². The minimum Gasteiger partial charge on any atom is -0.348 e. The molecular formula is C12H15BrClNO4S. The van der Waals surface area contributed by atoms with Crippen LogP contribution in [0.2, 0.25) is 5.02 Å². The summed E-state index contributed by atoms with van der Waals surface area (Å²) in [6.45, 7) is 4.06. The molecule has 1 aliphatic heterocycles. The smallest absolute Gasteiger partial charge is 0.242 e. The van der Waals surface area contributed by atoms with Crippen LogP contribution in [-0.2, 0) is 19.5 Å². The van der Waals surface area contributed by atoms with Gasteiger partial charge in [-0.25, -0.2) is 13.1 Å². The van der Waals surface area contributed by atoms with E-state index < -0.39 is 15.8 Å². The fourth-order valence-corrected chi connectivity index (χ4v) is 3.94. The average molecular weight is 385 g/mol. The summed E-state index contributed by atoms with van der Waals surface area (Å²) < 4.78 is 38.5. The molecule has 1 aromatic carbocycles. The average Bonchev–Trinajstić information content (AvgIpc) is 2.66. The number of rotatable bonds is 4. The SMILES string of the molecule is CC1(C)OCC(CNS(=O)(=O)c2ccc(Br)cc2Cl)O1. The van der Waals surface area contributed by atoms with E-state index in [1.807, 2.05) is 0 Å². The quantitative estimate of drug-likeness (QED) is 0.866. The zero-order chi connectivity index (χ0) is 15.0. The summed E-state index contributed by atoms with van der Waals surface area (Å²) in [7, 11) is -3.67. The van der Waals surface area contributed by atoms with Gasteiger partial charge in [-0.3, -0.25) is 0 Å². The first kappa shape index (κ1) is 16.2.